The van der Waals surface area contributed by atoms with E-state index in [0.29, 0.717) is 0 Å². The minimum Gasteiger partial charge on any atom is -0.355 e. The van der Waals surface area contributed by atoms with Gasteiger partial charge in [-0.3, -0.25) is 4.98 Å². The number of hydrogen-bond donors (Lipinski definition) is 1. The van der Waals surface area contributed by atoms with Gasteiger partial charge in [0.2, 0.25) is 0 Å². The van der Waals surface area contributed by atoms with Gasteiger partial charge in [0.25, 0.3) is 0 Å². The van der Waals surface area contributed by atoms with Crippen LogP contribution in [0.3, 0.4) is 0 Å². The Morgan fingerprint density at radius 2 is 1.50 bits per heavy atom. The molecular weight excluding hydrogens is 172 g/mol. The van der Waals surface area contributed by atoms with Crippen molar-refractivity contribution in [3.8, 4) is 0 Å². The van der Waals surface area contributed by atoms with Gasteiger partial charge in [-0.15, -0.1) is 0 Å². The number of rotatable bonds is 2. The van der Waals surface area contributed by atoms with Gasteiger partial charge >= 0.3 is 0 Å². The zero-order valence-corrected chi connectivity index (χ0v) is 8.07. The molecule has 2 rings (SSSR count). The van der Waals surface area contributed by atoms with Gasteiger partial charge in [-0.2, -0.15) is 0 Å². The monoisotopic (exact) mass is 186 g/mol. The molecule has 1 heterocycles. The standard InChI is InChI=1S/C12H12N2.H2/c1-10-2-4-11(5-3-10)14-12-6-8-13-9-7-12;/h2-9H,1H3,(H,13,14);1H. The lowest BCUT2D eigenvalue weighted by Crippen LogP contribution is -1.89. The molecule has 0 bridgehead atoms. The van der Waals surface area contributed by atoms with Crippen molar-refractivity contribution in [2.75, 3.05) is 5.32 Å². The number of nitrogens with one attached hydrogen (secondary N) is 1. The summed E-state index contributed by atoms with van der Waals surface area (Å²) in [6, 6.07) is 12.2. The van der Waals surface area contributed by atoms with E-state index in [2.05, 4.69) is 41.5 Å². The van der Waals surface area contributed by atoms with Crippen LogP contribution < -0.4 is 5.32 Å². The van der Waals surface area contributed by atoms with Crippen LogP contribution in [0.4, 0.5) is 11.4 Å². The van der Waals surface area contributed by atoms with Gasteiger partial charge in [0.05, 0.1) is 0 Å². The van der Waals surface area contributed by atoms with Crippen molar-refractivity contribution >= 4 is 11.4 Å². The maximum absolute atomic E-state index is 3.96. The molecule has 0 radical (unpaired) electrons. The molecule has 1 N–H and O–H groups in total. The molecule has 0 aliphatic heterocycles. The second-order valence-electron chi connectivity index (χ2n) is 3.23. The summed E-state index contributed by atoms with van der Waals surface area (Å²) in [6.45, 7) is 2.08. The number of hydrogen-bond acceptors (Lipinski definition) is 2. The summed E-state index contributed by atoms with van der Waals surface area (Å²) in [5.41, 5.74) is 3.43. The molecule has 0 spiro atoms. The normalized spacial score (nSPS) is 9.79. The average molecular weight is 186 g/mol. The maximum Gasteiger partial charge on any atom is 0.0415 e. The predicted molar refractivity (Wildman–Crippen MR) is 60.8 cm³/mol. The first-order valence-corrected chi connectivity index (χ1v) is 4.58. The lowest BCUT2D eigenvalue weighted by atomic mass is 10.2. The number of pyridine rings is 1. The lowest BCUT2D eigenvalue weighted by molar-refractivity contribution is 1.32. The Labute approximate surface area is 85.1 Å². The first-order chi connectivity index (χ1) is 6.84. The van der Waals surface area contributed by atoms with Gasteiger partial charge in [-0.1, -0.05) is 17.7 Å². The predicted octanol–water partition coefficient (Wildman–Crippen LogP) is 3.38. The first-order valence-electron chi connectivity index (χ1n) is 4.58. The van der Waals surface area contributed by atoms with Crippen molar-refractivity contribution < 1.29 is 1.43 Å². The third kappa shape index (κ3) is 2.10. The highest BCUT2D eigenvalue weighted by molar-refractivity contribution is 5.58. The minimum absolute atomic E-state index is 0. The zero-order chi connectivity index (χ0) is 9.80. The molecule has 0 saturated heterocycles. The van der Waals surface area contributed by atoms with Crippen molar-refractivity contribution in [3.05, 3.63) is 54.4 Å². The highest BCUT2D eigenvalue weighted by atomic mass is 14.9. The highest BCUT2D eigenvalue weighted by Crippen LogP contribution is 2.15. The molecule has 0 atom stereocenters. The molecule has 1 aromatic heterocycles. The average Bonchev–Trinajstić information content (AvgIpc) is 2.23. The molecule has 14 heavy (non-hydrogen) atoms. The molecule has 2 heteroatoms. The maximum atomic E-state index is 3.96. The lowest BCUT2D eigenvalue weighted by Gasteiger charge is -2.05. The van der Waals surface area contributed by atoms with Gasteiger partial charge in [0.1, 0.15) is 0 Å². The van der Waals surface area contributed by atoms with Gasteiger partial charge in [-0.05, 0) is 31.2 Å². The van der Waals surface area contributed by atoms with Gasteiger partial charge < -0.3 is 5.32 Å². The van der Waals surface area contributed by atoms with E-state index in [0.717, 1.165) is 11.4 Å². The molecule has 2 aromatic rings. The third-order valence-electron chi connectivity index (χ3n) is 2.02. The molecular formula is C12H14N2. The smallest absolute Gasteiger partial charge is 0.0415 e. The summed E-state index contributed by atoms with van der Waals surface area (Å²) in [6.07, 6.45) is 3.55. The van der Waals surface area contributed by atoms with Crippen LogP contribution in [-0.4, -0.2) is 4.98 Å². The Morgan fingerprint density at radius 3 is 2.14 bits per heavy atom. The summed E-state index contributed by atoms with van der Waals surface area (Å²) >= 11 is 0. The summed E-state index contributed by atoms with van der Waals surface area (Å²) in [4.78, 5) is 3.96. The summed E-state index contributed by atoms with van der Waals surface area (Å²) in [5.74, 6) is 0. The molecule has 0 fully saturated rings. The fourth-order valence-corrected chi connectivity index (χ4v) is 1.24. The molecule has 0 unspecified atom stereocenters. The highest BCUT2D eigenvalue weighted by Gasteiger charge is 1.92. The topological polar surface area (TPSA) is 24.9 Å². The molecule has 1 aromatic carbocycles. The SMILES string of the molecule is Cc1ccc(Nc2ccncc2)cc1.[HH]. The molecule has 0 saturated carbocycles. The van der Waals surface area contributed by atoms with Gasteiger partial charge in [-0.25, -0.2) is 0 Å². The van der Waals surface area contributed by atoms with Crippen molar-refractivity contribution in [1.82, 2.24) is 4.98 Å². The van der Waals surface area contributed by atoms with Crippen LogP contribution in [-0.2, 0) is 0 Å². The van der Waals surface area contributed by atoms with Crippen molar-refractivity contribution in [3.63, 3.8) is 0 Å². The van der Waals surface area contributed by atoms with Crippen molar-refractivity contribution in [2.24, 2.45) is 0 Å². The number of aromatic nitrogens is 1. The van der Waals surface area contributed by atoms with Crippen LogP contribution in [0.5, 0.6) is 0 Å². The van der Waals surface area contributed by atoms with Crippen LogP contribution in [0, 0.1) is 6.92 Å². The largest absolute Gasteiger partial charge is 0.355 e. The number of anilines is 2. The molecule has 2 nitrogen and oxygen atoms in total. The number of aryl methyl sites for hydroxylation is 1. The Morgan fingerprint density at radius 1 is 0.929 bits per heavy atom. The fraction of sp³-hybridized carbons (Fsp3) is 0.0833. The zero-order valence-electron chi connectivity index (χ0n) is 8.07. The fourth-order valence-electron chi connectivity index (χ4n) is 1.24. The third-order valence-corrected chi connectivity index (χ3v) is 2.02. The van der Waals surface area contributed by atoms with Crippen molar-refractivity contribution in [1.29, 1.82) is 0 Å². The van der Waals surface area contributed by atoms with Crippen LogP contribution in [0.15, 0.2) is 48.8 Å². The van der Waals surface area contributed by atoms with E-state index >= 15 is 0 Å². The van der Waals surface area contributed by atoms with Crippen LogP contribution in [0.2, 0.25) is 0 Å². The van der Waals surface area contributed by atoms with Crippen LogP contribution in [0.25, 0.3) is 0 Å². The Balaban J connectivity index is 0.00000112. The number of benzene rings is 1. The number of nitrogens with zero attached hydrogens (tertiary/aromatic N) is 1. The van der Waals surface area contributed by atoms with E-state index in [9.17, 15) is 0 Å². The van der Waals surface area contributed by atoms with E-state index in [1.54, 1.807) is 12.4 Å². The second kappa shape index (κ2) is 3.92. The van der Waals surface area contributed by atoms with Crippen LogP contribution >= 0.6 is 0 Å². The quantitative estimate of drug-likeness (QED) is 0.777. The van der Waals surface area contributed by atoms with E-state index in [1.807, 2.05) is 12.1 Å². The summed E-state index contributed by atoms with van der Waals surface area (Å²) in [5, 5.41) is 3.29. The molecule has 0 amide bonds. The summed E-state index contributed by atoms with van der Waals surface area (Å²) < 4.78 is 0. The molecule has 0 aliphatic carbocycles. The van der Waals surface area contributed by atoms with Crippen molar-refractivity contribution in [2.45, 2.75) is 6.92 Å². The molecule has 72 valence electrons. The molecule has 0 aliphatic rings. The van der Waals surface area contributed by atoms with E-state index < -0.39 is 0 Å². The Hall–Kier alpha value is -1.83. The van der Waals surface area contributed by atoms with E-state index in [4.69, 9.17) is 0 Å². The minimum atomic E-state index is 0. The Kier molecular flexibility index (Phi) is 2.45. The Bertz CT molecular complexity index is 398. The second-order valence-corrected chi connectivity index (χ2v) is 3.23. The van der Waals surface area contributed by atoms with E-state index in [-0.39, 0.29) is 1.43 Å². The van der Waals surface area contributed by atoms with E-state index in [1.165, 1.54) is 5.56 Å². The van der Waals surface area contributed by atoms with Crippen LogP contribution in [0.1, 0.15) is 6.99 Å². The van der Waals surface area contributed by atoms with Gasteiger partial charge in [0.15, 0.2) is 0 Å². The first kappa shape index (κ1) is 8.75. The van der Waals surface area contributed by atoms with Gasteiger partial charge in [0, 0.05) is 25.2 Å². The summed E-state index contributed by atoms with van der Waals surface area (Å²) in [7, 11) is 0.